The Labute approximate surface area is 72.0 Å². The fourth-order valence-corrected chi connectivity index (χ4v) is 2.01. The minimum atomic E-state index is -0.999. The molecule has 0 aliphatic carbocycles. The Morgan fingerprint density at radius 1 is 1.50 bits per heavy atom. The lowest BCUT2D eigenvalue weighted by Crippen LogP contribution is -1.85. The van der Waals surface area contributed by atoms with Crippen molar-refractivity contribution in [2.75, 3.05) is 14.2 Å². The Balaban J connectivity index is 3.11. The first kappa shape index (κ1) is 8.90. The standard InChI is InChI=1S/C7H8O4S/c1-10-6-3-5(9)7(11-2)12(6)4-8/h3,9H,1-2H3. The van der Waals surface area contributed by atoms with Crippen molar-refractivity contribution in [1.29, 1.82) is 0 Å². The van der Waals surface area contributed by atoms with Crippen LogP contribution in [0.4, 0.5) is 0 Å². The Bertz CT molecular complexity index is 309. The molecule has 5 heteroatoms. The Morgan fingerprint density at radius 2 is 2.17 bits per heavy atom. The molecule has 1 heterocycles. The van der Waals surface area contributed by atoms with Crippen LogP contribution in [0.25, 0.3) is 0 Å². The first-order valence-electron chi connectivity index (χ1n) is 3.09. The maximum Gasteiger partial charge on any atom is 0.207 e. The molecule has 12 heavy (non-hydrogen) atoms. The van der Waals surface area contributed by atoms with E-state index in [4.69, 9.17) is 9.47 Å². The summed E-state index contributed by atoms with van der Waals surface area (Å²) < 4.78 is 9.65. The molecular formula is C7H8O4S. The lowest BCUT2D eigenvalue weighted by molar-refractivity contribution is 0.293. The van der Waals surface area contributed by atoms with Gasteiger partial charge in [-0.25, -0.2) is 4.79 Å². The predicted octanol–water partition coefficient (Wildman–Crippen LogP) is 1.20. The van der Waals surface area contributed by atoms with E-state index < -0.39 is 10.5 Å². The zero-order valence-electron chi connectivity index (χ0n) is 6.66. The summed E-state index contributed by atoms with van der Waals surface area (Å²) in [5.74, 6) is -0.0685. The van der Waals surface area contributed by atoms with Crippen LogP contribution in [0, 0.1) is 0 Å². The molecule has 0 aromatic rings. The van der Waals surface area contributed by atoms with Crippen molar-refractivity contribution >= 4 is 15.7 Å². The molecule has 0 fully saturated rings. The van der Waals surface area contributed by atoms with Crippen LogP contribution in [-0.2, 0) is 14.3 Å². The molecule has 0 aromatic heterocycles. The van der Waals surface area contributed by atoms with Crippen LogP contribution < -0.4 is 0 Å². The van der Waals surface area contributed by atoms with E-state index in [0.717, 1.165) is 0 Å². The summed E-state index contributed by atoms with van der Waals surface area (Å²) in [6.07, 6.45) is 1.35. The van der Waals surface area contributed by atoms with Gasteiger partial charge in [0.25, 0.3) is 0 Å². The predicted molar refractivity (Wildman–Crippen MR) is 45.0 cm³/mol. The van der Waals surface area contributed by atoms with Gasteiger partial charge in [0, 0.05) is 16.6 Å². The van der Waals surface area contributed by atoms with E-state index in [9.17, 15) is 9.90 Å². The smallest absolute Gasteiger partial charge is 0.207 e. The number of carbonyl (C=O) groups excluding carboxylic acids is 1. The number of hydrogen-bond donors (Lipinski definition) is 1. The maximum atomic E-state index is 10.4. The van der Waals surface area contributed by atoms with Crippen molar-refractivity contribution in [3.05, 3.63) is 22.0 Å². The molecule has 1 aliphatic heterocycles. The van der Waals surface area contributed by atoms with E-state index >= 15 is 0 Å². The molecule has 0 saturated carbocycles. The third kappa shape index (κ3) is 1.24. The van der Waals surface area contributed by atoms with Crippen molar-refractivity contribution in [2.45, 2.75) is 0 Å². The number of aliphatic hydroxyl groups excluding tert-OH is 1. The van der Waals surface area contributed by atoms with Gasteiger partial charge in [0.05, 0.1) is 14.2 Å². The summed E-state index contributed by atoms with van der Waals surface area (Å²) in [6.45, 7) is 0. The van der Waals surface area contributed by atoms with E-state index in [2.05, 4.69) is 0 Å². The molecule has 66 valence electrons. The van der Waals surface area contributed by atoms with Crippen molar-refractivity contribution in [3.8, 4) is 0 Å². The molecule has 1 N–H and O–H groups in total. The van der Waals surface area contributed by atoms with Gasteiger partial charge in [0.2, 0.25) is 5.09 Å². The van der Waals surface area contributed by atoms with E-state index in [1.54, 1.807) is 5.23 Å². The molecule has 1 aliphatic rings. The summed E-state index contributed by atoms with van der Waals surface area (Å²) in [7, 11) is 1.81. The largest absolute Gasteiger partial charge is 0.504 e. The van der Waals surface area contributed by atoms with Crippen LogP contribution in [0.15, 0.2) is 22.0 Å². The van der Waals surface area contributed by atoms with Gasteiger partial charge in [-0.05, 0) is 0 Å². The van der Waals surface area contributed by atoms with Crippen LogP contribution in [0.3, 0.4) is 0 Å². The molecule has 0 aromatic carbocycles. The van der Waals surface area contributed by atoms with E-state index in [1.807, 2.05) is 0 Å². The number of ether oxygens (including phenoxy) is 2. The number of allylic oxidation sites excluding steroid dienone is 1. The van der Waals surface area contributed by atoms with Crippen LogP contribution in [0.5, 0.6) is 0 Å². The van der Waals surface area contributed by atoms with Gasteiger partial charge in [0.1, 0.15) is 0 Å². The molecule has 0 radical (unpaired) electrons. The molecule has 0 bridgehead atoms. The molecule has 0 saturated heterocycles. The van der Waals surface area contributed by atoms with E-state index in [1.165, 1.54) is 20.3 Å². The van der Waals surface area contributed by atoms with Crippen LogP contribution in [0.1, 0.15) is 0 Å². The van der Waals surface area contributed by atoms with Gasteiger partial charge in [0.15, 0.2) is 16.1 Å². The SMILES string of the molecule is COC1=CC(O)=C(OC)S1=C=O. The van der Waals surface area contributed by atoms with Crippen molar-refractivity contribution < 1.29 is 19.4 Å². The molecular weight excluding hydrogens is 180 g/mol. The number of hydrogen-bond acceptors (Lipinski definition) is 4. The molecule has 0 amide bonds. The first-order chi connectivity index (χ1) is 5.74. The van der Waals surface area contributed by atoms with Gasteiger partial charge in [-0.2, -0.15) is 0 Å². The summed E-state index contributed by atoms with van der Waals surface area (Å²) in [4.78, 5) is 10.4. The molecule has 0 spiro atoms. The molecule has 4 nitrogen and oxygen atoms in total. The number of rotatable bonds is 2. The van der Waals surface area contributed by atoms with Crippen molar-refractivity contribution in [1.82, 2.24) is 0 Å². The van der Waals surface area contributed by atoms with Crippen LogP contribution in [0.2, 0.25) is 0 Å². The zero-order chi connectivity index (χ0) is 9.14. The number of methoxy groups -OCH3 is 2. The number of aliphatic hydroxyl groups is 1. The monoisotopic (exact) mass is 188 g/mol. The maximum absolute atomic E-state index is 10.4. The third-order valence-electron chi connectivity index (χ3n) is 1.32. The van der Waals surface area contributed by atoms with Crippen molar-refractivity contribution in [3.63, 3.8) is 0 Å². The second-order valence-corrected chi connectivity index (χ2v) is 3.49. The third-order valence-corrected chi connectivity index (χ3v) is 2.92. The average molecular weight is 188 g/mol. The highest BCUT2D eigenvalue weighted by Crippen LogP contribution is 2.41. The van der Waals surface area contributed by atoms with Gasteiger partial charge in [-0.3, -0.25) is 0 Å². The highest BCUT2D eigenvalue weighted by atomic mass is 32.2. The van der Waals surface area contributed by atoms with Crippen LogP contribution in [-0.4, -0.2) is 24.6 Å². The van der Waals surface area contributed by atoms with Gasteiger partial charge < -0.3 is 14.6 Å². The second-order valence-electron chi connectivity index (χ2n) is 1.93. The lowest BCUT2D eigenvalue weighted by atomic mass is 10.5. The molecule has 1 atom stereocenters. The Kier molecular flexibility index (Phi) is 2.58. The quantitative estimate of drug-likeness (QED) is 0.661. The lowest BCUT2D eigenvalue weighted by Gasteiger charge is -2.03. The highest BCUT2D eigenvalue weighted by Gasteiger charge is 2.23. The Morgan fingerprint density at radius 3 is 2.58 bits per heavy atom. The summed E-state index contributed by atoms with van der Waals surface area (Å²) in [5.41, 5.74) is 0. The summed E-state index contributed by atoms with van der Waals surface area (Å²) in [5, 5.41) is 11.5. The second kappa shape index (κ2) is 3.47. The van der Waals surface area contributed by atoms with Crippen molar-refractivity contribution in [2.24, 2.45) is 0 Å². The van der Waals surface area contributed by atoms with Crippen LogP contribution >= 0.6 is 10.5 Å². The summed E-state index contributed by atoms with van der Waals surface area (Å²) in [6, 6.07) is 0. The van der Waals surface area contributed by atoms with E-state index in [0.29, 0.717) is 5.09 Å². The molecule has 1 rings (SSSR count). The normalized spacial score (nSPS) is 21.8. The summed E-state index contributed by atoms with van der Waals surface area (Å²) >= 11 is 0. The van der Waals surface area contributed by atoms with E-state index in [-0.39, 0.29) is 10.9 Å². The minimum Gasteiger partial charge on any atom is -0.504 e. The van der Waals surface area contributed by atoms with Gasteiger partial charge in [-0.1, -0.05) is 0 Å². The minimum absolute atomic E-state index is 0.0685. The van der Waals surface area contributed by atoms with Gasteiger partial charge >= 0.3 is 0 Å². The fourth-order valence-electron chi connectivity index (χ4n) is 0.834. The Hall–Kier alpha value is -1.19. The average Bonchev–Trinajstić information content (AvgIpc) is 2.40. The molecule has 1 unspecified atom stereocenters. The topological polar surface area (TPSA) is 55.8 Å². The zero-order valence-corrected chi connectivity index (χ0v) is 7.47. The first-order valence-corrected chi connectivity index (χ1v) is 4.32. The fraction of sp³-hybridized carbons (Fsp3) is 0.286. The highest BCUT2D eigenvalue weighted by molar-refractivity contribution is 8.21. The van der Waals surface area contributed by atoms with Gasteiger partial charge in [-0.15, -0.1) is 0 Å².